The van der Waals surface area contributed by atoms with E-state index in [2.05, 4.69) is 20.1 Å². The Hall–Kier alpha value is -1.33. The number of nitrogens with zero attached hydrogens (tertiary/aromatic N) is 3. The lowest BCUT2D eigenvalue weighted by atomic mass is 9.94. The fourth-order valence-electron chi connectivity index (χ4n) is 5.06. The highest BCUT2D eigenvalue weighted by Gasteiger charge is 2.29. The topological polar surface area (TPSA) is 48.5 Å². The normalized spacial score (nSPS) is 23.2. The van der Waals surface area contributed by atoms with Crippen LogP contribution in [0.1, 0.15) is 51.4 Å². The maximum absolute atomic E-state index is 12.7. The number of likely N-dealkylation sites (tertiary alicyclic amines) is 1. The lowest BCUT2D eigenvalue weighted by molar-refractivity contribution is -0.126. The molecule has 2 aliphatic heterocycles. The highest BCUT2D eigenvalue weighted by molar-refractivity contribution is 6.30. The van der Waals surface area contributed by atoms with Crippen LogP contribution in [0, 0.1) is 11.8 Å². The summed E-state index contributed by atoms with van der Waals surface area (Å²) in [6.07, 6.45) is 11.4. The maximum Gasteiger partial charge on any atom is 0.223 e. The van der Waals surface area contributed by atoms with Gasteiger partial charge in [-0.05, 0) is 56.6 Å². The number of pyridine rings is 1. The Balaban J connectivity index is 1.17. The highest BCUT2D eigenvalue weighted by Crippen LogP contribution is 2.27. The van der Waals surface area contributed by atoms with Gasteiger partial charge in [-0.25, -0.2) is 4.98 Å². The molecule has 3 heterocycles. The molecule has 1 aliphatic carbocycles. The van der Waals surface area contributed by atoms with E-state index >= 15 is 0 Å². The molecule has 5 nitrogen and oxygen atoms in total. The predicted molar refractivity (Wildman–Crippen MR) is 114 cm³/mol. The first-order valence-corrected chi connectivity index (χ1v) is 11.4. The molecular formula is C22H33ClN4O. The Morgan fingerprint density at radius 1 is 1.04 bits per heavy atom. The second-order valence-electron chi connectivity index (χ2n) is 8.83. The molecule has 2 saturated heterocycles. The molecule has 4 rings (SSSR count). The van der Waals surface area contributed by atoms with E-state index in [4.69, 9.17) is 11.6 Å². The van der Waals surface area contributed by atoms with Crippen LogP contribution in [-0.2, 0) is 4.79 Å². The van der Waals surface area contributed by atoms with Crippen molar-refractivity contribution in [3.05, 3.63) is 23.4 Å². The van der Waals surface area contributed by atoms with Crippen LogP contribution in [-0.4, -0.2) is 54.6 Å². The van der Waals surface area contributed by atoms with Crippen molar-refractivity contribution in [2.45, 2.75) is 57.4 Å². The molecule has 0 aromatic carbocycles. The summed E-state index contributed by atoms with van der Waals surface area (Å²) in [5.41, 5.74) is 0. The number of halogens is 1. The second-order valence-corrected chi connectivity index (χ2v) is 9.27. The SMILES string of the molecule is O=C(NC1CCN(CC2CCCC2)CC1)C1CCN(c2ccc(Cl)cn2)CC1. The van der Waals surface area contributed by atoms with Gasteiger partial charge < -0.3 is 15.1 Å². The van der Waals surface area contributed by atoms with Gasteiger partial charge >= 0.3 is 0 Å². The Labute approximate surface area is 173 Å². The van der Waals surface area contributed by atoms with Crippen molar-refractivity contribution in [1.29, 1.82) is 0 Å². The van der Waals surface area contributed by atoms with Crippen LogP contribution in [0.3, 0.4) is 0 Å². The molecule has 0 radical (unpaired) electrons. The first-order valence-electron chi connectivity index (χ1n) is 11.1. The predicted octanol–water partition coefficient (Wildman–Crippen LogP) is 3.72. The quantitative estimate of drug-likeness (QED) is 0.812. The van der Waals surface area contributed by atoms with Crippen LogP contribution in [0.15, 0.2) is 18.3 Å². The average Bonchev–Trinajstić information content (AvgIpc) is 3.23. The molecule has 0 atom stereocenters. The molecule has 28 heavy (non-hydrogen) atoms. The number of piperidine rings is 2. The molecule has 3 aliphatic rings. The Kier molecular flexibility index (Phi) is 6.73. The summed E-state index contributed by atoms with van der Waals surface area (Å²) >= 11 is 5.92. The van der Waals surface area contributed by atoms with Crippen molar-refractivity contribution in [3.8, 4) is 0 Å². The van der Waals surface area contributed by atoms with E-state index in [-0.39, 0.29) is 11.8 Å². The molecule has 0 bridgehead atoms. The van der Waals surface area contributed by atoms with E-state index in [1.807, 2.05) is 12.1 Å². The van der Waals surface area contributed by atoms with Gasteiger partial charge in [0.05, 0.1) is 5.02 Å². The van der Waals surface area contributed by atoms with Gasteiger partial charge in [-0.1, -0.05) is 24.4 Å². The van der Waals surface area contributed by atoms with E-state index in [9.17, 15) is 4.79 Å². The van der Waals surface area contributed by atoms with Gasteiger partial charge in [-0.15, -0.1) is 0 Å². The minimum absolute atomic E-state index is 0.139. The molecule has 1 saturated carbocycles. The summed E-state index contributed by atoms with van der Waals surface area (Å²) in [5.74, 6) is 2.28. The van der Waals surface area contributed by atoms with Crippen molar-refractivity contribution in [2.75, 3.05) is 37.6 Å². The highest BCUT2D eigenvalue weighted by atomic mass is 35.5. The fraction of sp³-hybridized carbons (Fsp3) is 0.727. The third kappa shape index (κ3) is 5.18. The Bertz CT molecular complexity index is 630. The fourth-order valence-corrected chi connectivity index (χ4v) is 5.17. The number of nitrogens with one attached hydrogen (secondary N) is 1. The van der Waals surface area contributed by atoms with Crippen LogP contribution in [0.5, 0.6) is 0 Å². The Morgan fingerprint density at radius 2 is 1.75 bits per heavy atom. The third-order valence-electron chi connectivity index (χ3n) is 6.83. The first kappa shape index (κ1) is 20.0. The van der Waals surface area contributed by atoms with Crippen LogP contribution >= 0.6 is 11.6 Å². The van der Waals surface area contributed by atoms with E-state index < -0.39 is 0 Å². The molecule has 0 spiro atoms. The smallest absolute Gasteiger partial charge is 0.223 e. The van der Waals surface area contributed by atoms with Crippen LogP contribution in [0.4, 0.5) is 5.82 Å². The summed E-state index contributed by atoms with van der Waals surface area (Å²) in [4.78, 5) is 22.0. The number of amides is 1. The van der Waals surface area contributed by atoms with Gasteiger partial charge in [-0.2, -0.15) is 0 Å². The lowest BCUT2D eigenvalue weighted by Crippen LogP contribution is -2.48. The van der Waals surface area contributed by atoms with Crippen molar-refractivity contribution in [1.82, 2.24) is 15.2 Å². The van der Waals surface area contributed by atoms with Gasteiger partial charge in [0.15, 0.2) is 0 Å². The monoisotopic (exact) mass is 404 g/mol. The number of carbonyl (C=O) groups is 1. The summed E-state index contributed by atoms with van der Waals surface area (Å²) in [5, 5.41) is 4.01. The van der Waals surface area contributed by atoms with E-state index in [0.717, 1.165) is 63.6 Å². The molecule has 0 unspecified atom stereocenters. The van der Waals surface area contributed by atoms with Crippen molar-refractivity contribution in [2.24, 2.45) is 11.8 Å². The van der Waals surface area contributed by atoms with Crippen LogP contribution in [0.25, 0.3) is 0 Å². The zero-order chi connectivity index (χ0) is 19.3. The van der Waals surface area contributed by atoms with E-state index in [1.54, 1.807) is 6.20 Å². The molecule has 3 fully saturated rings. The summed E-state index contributed by atoms with van der Waals surface area (Å²) in [6, 6.07) is 4.20. The maximum atomic E-state index is 12.7. The number of carbonyl (C=O) groups excluding carboxylic acids is 1. The number of aromatic nitrogens is 1. The standard InChI is InChI=1S/C22H33ClN4O/c23-19-5-6-21(24-15-19)27-13-7-18(8-14-27)22(28)25-20-9-11-26(12-10-20)16-17-3-1-2-4-17/h5-6,15,17-18,20H,1-4,7-14,16H2,(H,25,28). The molecular weight excluding hydrogens is 372 g/mol. The van der Waals surface area contributed by atoms with Crippen molar-refractivity contribution < 1.29 is 4.79 Å². The van der Waals surface area contributed by atoms with Crippen molar-refractivity contribution in [3.63, 3.8) is 0 Å². The number of rotatable bonds is 5. The number of hydrogen-bond donors (Lipinski definition) is 1. The third-order valence-corrected chi connectivity index (χ3v) is 7.05. The van der Waals surface area contributed by atoms with Gasteiger partial charge in [0.1, 0.15) is 5.82 Å². The first-order chi connectivity index (χ1) is 13.7. The molecule has 1 aromatic heterocycles. The minimum atomic E-state index is 0.139. The lowest BCUT2D eigenvalue weighted by Gasteiger charge is -2.36. The molecule has 1 N–H and O–H groups in total. The van der Waals surface area contributed by atoms with E-state index in [1.165, 1.54) is 32.2 Å². The van der Waals surface area contributed by atoms with Crippen molar-refractivity contribution >= 4 is 23.3 Å². The largest absolute Gasteiger partial charge is 0.357 e. The van der Waals surface area contributed by atoms with Gasteiger partial charge in [0.25, 0.3) is 0 Å². The number of anilines is 1. The van der Waals surface area contributed by atoms with E-state index in [0.29, 0.717) is 11.1 Å². The Morgan fingerprint density at radius 3 is 2.39 bits per heavy atom. The molecule has 1 aromatic rings. The van der Waals surface area contributed by atoms with Gasteiger partial charge in [-0.3, -0.25) is 4.79 Å². The average molecular weight is 405 g/mol. The van der Waals surface area contributed by atoms with Gasteiger partial charge in [0, 0.05) is 50.9 Å². The molecule has 6 heteroatoms. The molecule has 1 amide bonds. The molecule has 154 valence electrons. The van der Waals surface area contributed by atoms with Crippen LogP contribution in [0.2, 0.25) is 5.02 Å². The minimum Gasteiger partial charge on any atom is -0.357 e. The second kappa shape index (κ2) is 9.45. The number of hydrogen-bond acceptors (Lipinski definition) is 4. The zero-order valence-corrected chi connectivity index (χ0v) is 17.5. The zero-order valence-electron chi connectivity index (χ0n) is 16.8. The summed E-state index contributed by atoms with van der Waals surface area (Å²) in [7, 11) is 0. The van der Waals surface area contributed by atoms with Gasteiger partial charge in [0.2, 0.25) is 5.91 Å². The van der Waals surface area contributed by atoms with Crippen LogP contribution < -0.4 is 10.2 Å². The summed E-state index contributed by atoms with van der Waals surface area (Å²) < 4.78 is 0. The summed E-state index contributed by atoms with van der Waals surface area (Å²) in [6.45, 7) is 5.32.